The van der Waals surface area contributed by atoms with Gasteiger partial charge in [-0.1, -0.05) is 48.3 Å². The van der Waals surface area contributed by atoms with Crippen LogP contribution < -0.4 is 10.1 Å². The second-order valence-corrected chi connectivity index (χ2v) is 5.66. The van der Waals surface area contributed by atoms with Crippen molar-refractivity contribution in [3.05, 3.63) is 57.6 Å². The van der Waals surface area contributed by atoms with Gasteiger partial charge in [0.15, 0.2) is 0 Å². The lowest BCUT2D eigenvalue weighted by Crippen LogP contribution is -2.13. The van der Waals surface area contributed by atoms with Gasteiger partial charge in [-0.2, -0.15) is 0 Å². The molecule has 2 nitrogen and oxygen atoms in total. The molecule has 21 heavy (non-hydrogen) atoms. The summed E-state index contributed by atoms with van der Waals surface area (Å²) < 4.78 is 5.67. The summed E-state index contributed by atoms with van der Waals surface area (Å²) in [4.78, 5) is 0. The van der Waals surface area contributed by atoms with Crippen molar-refractivity contribution < 1.29 is 4.74 Å². The van der Waals surface area contributed by atoms with Crippen molar-refractivity contribution in [1.29, 1.82) is 0 Å². The van der Waals surface area contributed by atoms with Gasteiger partial charge in [0.25, 0.3) is 0 Å². The van der Waals surface area contributed by atoms with E-state index in [9.17, 15) is 0 Å². The normalized spacial score (nSPS) is 10.5. The number of hydrogen-bond donors (Lipinski definition) is 1. The molecular formula is C17H19Cl2NO. The standard InChI is InChI=1S/C17H19Cl2NO/c1-3-13-6-4-5-12(2)17(13)20-9-10-21-16-8-7-14(18)11-15(16)19/h4-8,11,20H,3,9-10H2,1-2H3. The Balaban J connectivity index is 1.90. The molecule has 0 saturated heterocycles. The largest absolute Gasteiger partial charge is 0.490 e. The zero-order chi connectivity index (χ0) is 15.2. The maximum Gasteiger partial charge on any atom is 0.138 e. The van der Waals surface area contributed by atoms with Crippen LogP contribution in [0.1, 0.15) is 18.1 Å². The molecule has 112 valence electrons. The first-order chi connectivity index (χ1) is 10.1. The Kier molecular flexibility index (Phi) is 5.77. The summed E-state index contributed by atoms with van der Waals surface area (Å²) in [6.07, 6.45) is 1.01. The van der Waals surface area contributed by atoms with Gasteiger partial charge in [-0.25, -0.2) is 0 Å². The first kappa shape index (κ1) is 16.0. The lowest BCUT2D eigenvalue weighted by atomic mass is 10.1. The first-order valence-corrected chi connectivity index (χ1v) is 7.77. The Morgan fingerprint density at radius 3 is 2.67 bits per heavy atom. The van der Waals surface area contributed by atoms with Gasteiger partial charge in [-0.15, -0.1) is 0 Å². The molecule has 0 unspecified atom stereocenters. The van der Waals surface area contributed by atoms with E-state index in [1.807, 2.05) is 0 Å². The van der Waals surface area contributed by atoms with E-state index >= 15 is 0 Å². The van der Waals surface area contributed by atoms with E-state index in [1.54, 1.807) is 18.2 Å². The molecule has 4 heteroatoms. The number of para-hydroxylation sites is 1. The number of rotatable bonds is 6. The Hall–Kier alpha value is -1.38. The van der Waals surface area contributed by atoms with E-state index in [-0.39, 0.29) is 0 Å². The zero-order valence-corrected chi connectivity index (χ0v) is 13.8. The van der Waals surface area contributed by atoms with E-state index in [4.69, 9.17) is 27.9 Å². The van der Waals surface area contributed by atoms with E-state index in [1.165, 1.54) is 16.8 Å². The molecule has 0 aliphatic heterocycles. The highest BCUT2D eigenvalue weighted by Crippen LogP contribution is 2.27. The van der Waals surface area contributed by atoms with Gasteiger partial charge >= 0.3 is 0 Å². The number of anilines is 1. The van der Waals surface area contributed by atoms with Crippen LogP contribution in [0.25, 0.3) is 0 Å². The van der Waals surface area contributed by atoms with Gasteiger partial charge in [-0.05, 0) is 42.7 Å². The Labute approximate surface area is 136 Å². The molecule has 0 aliphatic rings. The van der Waals surface area contributed by atoms with Crippen molar-refractivity contribution in [2.45, 2.75) is 20.3 Å². The molecule has 0 saturated carbocycles. The Morgan fingerprint density at radius 1 is 1.14 bits per heavy atom. The molecule has 0 amide bonds. The SMILES string of the molecule is CCc1cccc(C)c1NCCOc1ccc(Cl)cc1Cl. The zero-order valence-electron chi connectivity index (χ0n) is 12.2. The highest BCUT2D eigenvalue weighted by molar-refractivity contribution is 6.35. The summed E-state index contributed by atoms with van der Waals surface area (Å²) in [5.41, 5.74) is 3.77. The molecule has 2 rings (SSSR count). The molecule has 0 atom stereocenters. The van der Waals surface area contributed by atoms with Crippen LogP contribution in [0.4, 0.5) is 5.69 Å². The molecule has 0 bridgehead atoms. The lowest BCUT2D eigenvalue weighted by molar-refractivity contribution is 0.333. The van der Waals surface area contributed by atoms with E-state index in [2.05, 4.69) is 37.4 Å². The molecule has 0 heterocycles. The fourth-order valence-corrected chi connectivity index (χ4v) is 2.67. The monoisotopic (exact) mass is 323 g/mol. The van der Waals surface area contributed by atoms with E-state index < -0.39 is 0 Å². The number of hydrogen-bond acceptors (Lipinski definition) is 2. The van der Waals surface area contributed by atoms with Crippen molar-refractivity contribution in [3.8, 4) is 5.75 Å². The lowest BCUT2D eigenvalue weighted by Gasteiger charge is -2.14. The highest BCUT2D eigenvalue weighted by Gasteiger charge is 2.05. The molecule has 0 aromatic heterocycles. The smallest absolute Gasteiger partial charge is 0.138 e. The molecule has 0 aliphatic carbocycles. The maximum absolute atomic E-state index is 6.07. The number of aryl methyl sites for hydroxylation is 2. The van der Waals surface area contributed by atoms with Gasteiger partial charge in [0.2, 0.25) is 0 Å². The average molecular weight is 324 g/mol. The summed E-state index contributed by atoms with van der Waals surface area (Å²) in [5, 5.41) is 4.58. The summed E-state index contributed by atoms with van der Waals surface area (Å²) in [7, 11) is 0. The van der Waals surface area contributed by atoms with Gasteiger partial charge in [0, 0.05) is 17.3 Å². The summed E-state index contributed by atoms with van der Waals surface area (Å²) in [6.45, 7) is 5.53. The number of halogens is 2. The molecule has 0 spiro atoms. The minimum Gasteiger partial charge on any atom is -0.490 e. The number of ether oxygens (including phenoxy) is 1. The molecule has 0 fully saturated rings. The van der Waals surface area contributed by atoms with Crippen molar-refractivity contribution in [1.82, 2.24) is 0 Å². The third-order valence-electron chi connectivity index (χ3n) is 3.30. The van der Waals surface area contributed by atoms with Crippen LogP contribution in [0, 0.1) is 6.92 Å². The van der Waals surface area contributed by atoms with Crippen LogP contribution >= 0.6 is 23.2 Å². The second-order valence-electron chi connectivity index (χ2n) is 4.81. The van der Waals surface area contributed by atoms with Crippen molar-refractivity contribution >= 4 is 28.9 Å². The van der Waals surface area contributed by atoms with Crippen LogP contribution in [0.2, 0.25) is 10.0 Å². The number of nitrogens with one attached hydrogen (secondary N) is 1. The van der Waals surface area contributed by atoms with Gasteiger partial charge < -0.3 is 10.1 Å². The Morgan fingerprint density at radius 2 is 1.95 bits per heavy atom. The first-order valence-electron chi connectivity index (χ1n) is 7.02. The van der Waals surface area contributed by atoms with Crippen LogP contribution in [-0.4, -0.2) is 13.2 Å². The van der Waals surface area contributed by atoms with Crippen molar-refractivity contribution in [3.63, 3.8) is 0 Å². The minimum absolute atomic E-state index is 0.535. The van der Waals surface area contributed by atoms with Gasteiger partial charge in [0.1, 0.15) is 12.4 Å². The average Bonchev–Trinajstić information content (AvgIpc) is 2.46. The molecule has 2 aromatic rings. The van der Waals surface area contributed by atoms with Crippen LogP contribution in [0.5, 0.6) is 5.75 Å². The van der Waals surface area contributed by atoms with Gasteiger partial charge in [-0.3, -0.25) is 0 Å². The van der Waals surface area contributed by atoms with E-state index in [0.717, 1.165) is 13.0 Å². The summed E-state index contributed by atoms with van der Waals surface area (Å²) in [6, 6.07) is 11.6. The third-order valence-corrected chi connectivity index (χ3v) is 3.83. The summed E-state index contributed by atoms with van der Waals surface area (Å²) >= 11 is 11.9. The fraction of sp³-hybridized carbons (Fsp3) is 0.294. The third kappa shape index (κ3) is 4.29. The number of benzene rings is 2. The van der Waals surface area contributed by atoms with Crippen LogP contribution in [-0.2, 0) is 6.42 Å². The van der Waals surface area contributed by atoms with Crippen molar-refractivity contribution in [2.24, 2.45) is 0 Å². The molecule has 1 N–H and O–H groups in total. The predicted octanol–water partition coefficient (Wildman–Crippen LogP) is 5.36. The topological polar surface area (TPSA) is 21.3 Å². The maximum atomic E-state index is 6.07. The van der Waals surface area contributed by atoms with Gasteiger partial charge in [0.05, 0.1) is 5.02 Å². The Bertz CT molecular complexity index is 614. The highest BCUT2D eigenvalue weighted by atomic mass is 35.5. The van der Waals surface area contributed by atoms with Crippen LogP contribution in [0.15, 0.2) is 36.4 Å². The predicted molar refractivity (Wildman–Crippen MR) is 91.0 cm³/mol. The molecule has 2 aromatic carbocycles. The molecular weight excluding hydrogens is 305 g/mol. The van der Waals surface area contributed by atoms with Crippen LogP contribution in [0.3, 0.4) is 0 Å². The van der Waals surface area contributed by atoms with E-state index in [0.29, 0.717) is 22.4 Å². The second kappa shape index (κ2) is 7.58. The summed E-state index contributed by atoms with van der Waals surface area (Å²) in [5.74, 6) is 0.656. The fourth-order valence-electron chi connectivity index (χ4n) is 2.21. The quantitative estimate of drug-likeness (QED) is 0.723. The minimum atomic E-state index is 0.535. The molecule has 0 radical (unpaired) electrons. The van der Waals surface area contributed by atoms with Crippen molar-refractivity contribution in [2.75, 3.05) is 18.5 Å².